The Morgan fingerprint density at radius 2 is 1.51 bits per heavy atom. The molecule has 2 unspecified atom stereocenters. The lowest BCUT2D eigenvalue weighted by molar-refractivity contribution is -0.158. The van der Waals surface area contributed by atoms with Crippen LogP contribution >= 0.6 is 0 Å². The van der Waals surface area contributed by atoms with Crippen molar-refractivity contribution in [3.8, 4) is 11.5 Å². The Hall–Kier alpha value is -4.91. The SMILES string of the molecule is CCCCOC(=O)C(C)(C)CC(CC(C)(CC)C(=O)OCCNC(=O)Nc1ccc(C(=O)C=Cc2ccc(OC)c(OC)c2)cc1)C(=O)NCO. The molecule has 0 saturated carbocycles. The van der Waals surface area contributed by atoms with Crippen molar-refractivity contribution in [2.45, 2.75) is 66.7 Å². The fourth-order valence-corrected chi connectivity index (χ4v) is 5.20. The van der Waals surface area contributed by atoms with Crippen LogP contribution in [0.3, 0.4) is 0 Å². The maximum atomic E-state index is 13.2. The van der Waals surface area contributed by atoms with Crippen molar-refractivity contribution >= 4 is 41.4 Å². The number of esters is 2. The van der Waals surface area contributed by atoms with Crippen LogP contribution in [0, 0.1) is 16.7 Å². The number of rotatable bonds is 21. The van der Waals surface area contributed by atoms with Crippen molar-refractivity contribution in [1.29, 1.82) is 0 Å². The van der Waals surface area contributed by atoms with Gasteiger partial charge in [0.1, 0.15) is 13.3 Å². The van der Waals surface area contributed by atoms with Gasteiger partial charge in [-0.2, -0.15) is 0 Å². The summed E-state index contributed by atoms with van der Waals surface area (Å²) in [7, 11) is 3.08. The Morgan fingerprint density at radius 3 is 2.12 bits per heavy atom. The van der Waals surface area contributed by atoms with E-state index in [1.165, 1.54) is 13.2 Å². The van der Waals surface area contributed by atoms with Crippen molar-refractivity contribution in [2.24, 2.45) is 16.7 Å². The van der Waals surface area contributed by atoms with Crippen LogP contribution in [0.25, 0.3) is 6.08 Å². The fraction of sp³-hybridized carbons (Fsp3) is 0.500. The number of hydrogen-bond donors (Lipinski definition) is 4. The maximum Gasteiger partial charge on any atom is 0.319 e. The van der Waals surface area contributed by atoms with Crippen LogP contribution in [0.4, 0.5) is 10.5 Å². The number of allylic oxidation sites excluding steroid dienone is 1. The number of benzene rings is 2. The number of unbranched alkanes of at least 4 members (excludes halogenated alkanes) is 1. The van der Waals surface area contributed by atoms with Crippen molar-refractivity contribution in [2.75, 3.05) is 46.0 Å². The zero-order valence-electron chi connectivity index (χ0n) is 30.8. The van der Waals surface area contributed by atoms with E-state index in [0.29, 0.717) is 29.2 Å². The van der Waals surface area contributed by atoms with Gasteiger partial charge in [0, 0.05) is 17.2 Å². The first-order valence-electron chi connectivity index (χ1n) is 17.1. The Kier molecular flexibility index (Phi) is 17.1. The monoisotopic (exact) mass is 711 g/mol. The molecule has 3 amide bonds. The lowest BCUT2D eigenvalue weighted by Crippen LogP contribution is -2.42. The molecule has 2 rings (SSSR count). The molecule has 2 aromatic carbocycles. The number of amides is 3. The van der Waals surface area contributed by atoms with Gasteiger partial charge in [-0.15, -0.1) is 0 Å². The molecule has 0 spiro atoms. The molecule has 0 radical (unpaired) electrons. The number of anilines is 1. The highest BCUT2D eigenvalue weighted by molar-refractivity contribution is 6.07. The summed E-state index contributed by atoms with van der Waals surface area (Å²) in [6, 6.07) is 11.1. The van der Waals surface area contributed by atoms with Crippen LogP contribution in [-0.4, -0.2) is 75.5 Å². The van der Waals surface area contributed by atoms with Crippen LogP contribution in [0.15, 0.2) is 48.5 Å². The molecule has 0 aliphatic heterocycles. The maximum absolute atomic E-state index is 13.2. The first-order valence-corrected chi connectivity index (χ1v) is 17.1. The van der Waals surface area contributed by atoms with Crippen molar-refractivity contribution in [3.63, 3.8) is 0 Å². The summed E-state index contributed by atoms with van der Waals surface area (Å²) in [6.45, 7) is 8.43. The van der Waals surface area contributed by atoms with Crippen molar-refractivity contribution < 1.29 is 48.0 Å². The standard InChI is InChI=1S/C38H53N3O10/c1-8-10-20-50-34(45)37(3,4)23-28(33(44)40-25-42)24-38(5,9-2)35(46)51-21-19-39-36(47)41-29-15-13-27(14-16-29)30(43)17-11-26-12-18-31(48-6)32(22-26)49-7/h11-18,22,28,42H,8-10,19-21,23-25H2,1-7H3,(H,40,44)(H2,39,41,47). The van der Waals surface area contributed by atoms with Gasteiger partial charge in [-0.3, -0.25) is 19.2 Å². The summed E-state index contributed by atoms with van der Waals surface area (Å²) >= 11 is 0. The van der Waals surface area contributed by atoms with Gasteiger partial charge in [-0.25, -0.2) is 4.79 Å². The zero-order chi connectivity index (χ0) is 38.0. The van der Waals surface area contributed by atoms with E-state index < -0.39 is 47.4 Å². The van der Waals surface area contributed by atoms with E-state index in [1.54, 1.807) is 83.3 Å². The zero-order valence-corrected chi connectivity index (χ0v) is 30.8. The Morgan fingerprint density at radius 1 is 0.843 bits per heavy atom. The quantitative estimate of drug-likeness (QED) is 0.0424. The highest BCUT2D eigenvalue weighted by Crippen LogP contribution is 2.37. The highest BCUT2D eigenvalue weighted by atomic mass is 16.5. The number of ether oxygens (including phenoxy) is 4. The van der Waals surface area contributed by atoms with Crippen molar-refractivity contribution in [1.82, 2.24) is 10.6 Å². The van der Waals surface area contributed by atoms with Gasteiger partial charge in [0.15, 0.2) is 17.3 Å². The van der Waals surface area contributed by atoms with E-state index in [4.69, 9.17) is 18.9 Å². The number of hydrogen-bond acceptors (Lipinski definition) is 10. The number of carbonyl (C=O) groups is 5. The molecular formula is C38H53N3O10. The molecule has 0 fully saturated rings. The lowest BCUT2D eigenvalue weighted by Gasteiger charge is -2.33. The van der Waals surface area contributed by atoms with Gasteiger partial charge >= 0.3 is 18.0 Å². The van der Waals surface area contributed by atoms with Crippen LogP contribution in [0.5, 0.6) is 11.5 Å². The molecular weight excluding hydrogens is 658 g/mol. The number of aliphatic hydroxyl groups excluding tert-OH is 1. The third-order valence-electron chi connectivity index (χ3n) is 8.52. The predicted molar refractivity (Wildman–Crippen MR) is 193 cm³/mol. The van der Waals surface area contributed by atoms with E-state index in [-0.39, 0.29) is 38.4 Å². The minimum Gasteiger partial charge on any atom is -0.493 e. The van der Waals surface area contributed by atoms with E-state index >= 15 is 0 Å². The minimum atomic E-state index is -1.09. The van der Waals surface area contributed by atoms with Crippen LogP contribution < -0.4 is 25.4 Å². The van der Waals surface area contributed by atoms with E-state index in [0.717, 1.165) is 18.4 Å². The normalized spacial score (nSPS) is 13.0. The number of aliphatic hydroxyl groups is 1. The summed E-state index contributed by atoms with van der Waals surface area (Å²) in [6.07, 6.45) is 5.21. The molecule has 51 heavy (non-hydrogen) atoms. The average molecular weight is 712 g/mol. The van der Waals surface area contributed by atoms with E-state index in [1.807, 2.05) is 6.92 Å². The Bertz CT molecular complexity index is 1510. The molecule has 4 N–H and O–H groups in total. The molecule has 2 aromatic rings. The number of urea groups is 1. The second kappa shape index (κ2) is 20.7. The molecule has 13 nitrogen and oxygen atoms in total. The van der Waals surface area contributed by atoms with Gasteiger partial charge in [0.2, 0.25) is 5.91 Å². The van der Waals surface area contributed by atoms with Gasteiger partial charge < -0.3 is 40.0 Å². The summed E-state index contributed by atoms with van der Waals surface area (Å²) < 4.78 is 21.4. The summed E-state index contributed by atoms with van der Waals surface area (Å²) in [4.78, 5) is 64.1. The molecule has 0 heterocycles. The van der Waals surface area contributed by atoms with Gasteiger partial charge in [0.25, 0.3) is 0 Å². The first kappa shape index (κ1) is 42.3. The smallest absolute Gasteiger partial charge is 0.319 e. The van der Waals surface area contributed by atoms with Gasteiger partial charge in [-0.1, -0.05) is 32.4 Å². The lowest BCUT2D eigenvalue weighted by atomic mass is 9.73. The third kappa shape index (κ3) is 13.4. The van der Waals surface area contributed by atoms with Gasteiger partial charge in [-0.05, 0) is 94.5 Å². The molecule has 0 aliphatic rings. The van der Waals surface area contributed by atoms with Gasteiger partial charge in [0.05, 0.1) is 38.2 Å². The highest BCUT2D eigenvalue weighted by Gasteiger charge is 2.42. The topological polar surface area (TPSA) is 179 Å². The molecule has 0 bridgehead atoms. The van der Waals surface area contributed by atoms with E-state index in [2.05, 4.69) is 16.0 Å². The third-order valence-corrected chi connectivity index (χ3v) is 8.52. The second-order valence-electron chi connectivity index (χ2n) is 13.0. The predicted octanol–water partition coefficient (Wildman–Crippen LogP) is 5.51. The molecule has 280 valence electrons. The van der Waals surface area contributed by atoms with Crippen LogP contribution in [0.2, 0.25) is 0 Å². The average Bonchev–Trinajstić information content (AvgIpc) is 3.12. The Balaban J connectivity index is 1.91. The number of methoxy groups -OCH3 is 2. The molecule has 0 saturated heterocycles. The van der Waals surface area contributed by atoms with Crippen LogP contribution in [-0.2, 0) is 23.9 Å². The molecule has 0 aliphatic carbocycles. The fourth-order valence-electron chi connectivity index (χ4n) is 5.20. The number of nitrogens with one attached hydrogen (secondary N) is 3. The molecule has 13 heteroatoms. The van der Waals surface area contributed by atoms with Crippen molar-refractivity contribution in [3.05, 3.63) is 59.7 Å². The van der Waals surface area contributed by atoms with Crippen LogP contribution in [0.1, 0.15) is 82.6 Å². The second-order valence-corrected chi connectivity index (χ2v) is 13.0. The largest absolute Gasteiger partial charge is 0.493 e. The summed E-state index contributed by atoms with van der Waals surface area (Å²) in [5.41, 5.74) is -0.460. The molecule has 2 atom stereocenters. The Labute approximate surface area is 300 Å². The van der Waals surface area contributed by atoms with E-state index in [9.17, 15) is 29.1 Å². The summed E-state index contributed by atoms with van der Waals surface area (Å²) in [5.74, 6) is -1.37. The summed E-state index contributed by atoms with van der Waals surface area (Å²) in [5, 5.41) is 17.0. The molecule has 0 aromatic heterocycles. The minimum absolute atomic E-state index is 0.0138. The number of carbonyl (C=O) groups excluding carboxylic acids is 5. The number of ketones is 1. The first-order chi connectivity index (χ1) is 24.2.